The average Bonchev–Trinajstić information content (AvgIpc) is 2.74. The number of nitrogens with zero attached hydrogens (tertiary/aromatic N) is 4. The van der Waals surface area contributed by atoms with E-state index >= 15 is 0 Å². The number of halogens is 1. The maximum absolute atomic E-state index is 13.0. The molecule has 6 nitrogen and oxygen atoms in total. The van der Waals surface area contributed by atoms with Crippen molar-refractivity contribution in [3.8, 4) is 0 Å². The fraction of sp³-hybridized carbons (Fsp3) is 0.455. The number of benzene rings is 1. The van der Waals surface area contributed by atoms with E-state index in [1.165, 1.54) is 12.1 Å². The number of fused-ring (bicyclic) bond motifs is 1. The maximum atomic E-state index is 13.0. The first-order chi connectivity index (χ1) is 14.0. The molecular weight excluding hydrogens is 371 g/mol. The third-order valence-electron chi connectivity index (χ3n) is 5.81. The highest BCUT2D eigenvalue weighted by molar-refractivity contribution is 5.79. The zero-order valence-electron chi connectivity index (χ0n) is 16.6. The summed E-state index contributed by atoms with van der Waals surface area (Å²) >= 11 is 0. The first kappa shape index (κ1) is 19.5. The summed E-state index contributed by atoms with van der Waals surface area (Å²) in [7, 11) is 0. The topological polar surface area (TPSA) is 66.4 Å². The lowest BCUT2D eigenvalue weighted by atomic mass is 9.96. The Balaban J connectivity index is 1.42. The second-order valence-electron chi connectivity index (χ2n) is 7.87. The molecule has 2 aliphatic rings. The van der Waals surface area contributed by atoms with Gasteiger partial charge in [-0.15, -0.1) is 0 Å². The van der Waals surface area contributed by atoms with Crippen molar-refractivity contribution in [1.82, 2.24) is 19.8 Å². The van der Waals surface area contributed by atoms with E-state index in [-0.39, 0.29) is 30.0 Å². The highest BCUT2D eigenvalue weighted by Crippen LogP contribution is 2.26. The first-order valence-corrected chi connectivity index (χ1v) is 10.1. The van der Waals surface area contributed by atoms with Gasteiger partial charge in [0.15, 0.2) is 0 Å². The first-order valence-electron chi connectivity index (χ1n) is 10.1. The van der Waals surface area contributed by atoms with Crippen LogP contribution >= 0.6 is 0 Å². The predicted octanol–water partition coefficient (Wildman–Crippen LogP) is 2.47. The van der Waals surface area contributed by atoms with Crippen LogP contribution in [0.25, 0.3) is 0 Å². The fourth-order valence-corrected chi connectivity index (χ4v) is 4.10. The molecular formula is C22H25FN4O2. The van der Waals surface area contributed by atoms with Gasteiger partial charge in [-0.05, 0) is 30.5 Å². The third-order valence-corrected chi connectivity index (χ3v) is 5.81. The summed E-state index contributed by atoms with van der Waals surface area (Å²) in [6.45, 7) is 4.21. The summed E-state index contributed by atoms with van der Waals surface area (Å²) in [5, 5.41) is 0. The monoisotopic (exact) mass is 396 g/mol. The van der Waals surface area contributed by atoms with E-state index in [1.54, 1.807) is 19.1 Å². The predicted molar refractivity (Wildman–Crippen MR) is 105 cm³/mol. The van der Waals surface area contributed by atoms with Crippen LogP contribution in [0.15, 0.2) is 30.5 Å². The van der Waals surface area contributed by atoms with Gasteiger partial charge in [0.2, 0.25) is 11.8 Å². The molecule has 0 saturated carbocycles. The Morgan fingerprint density at radius 2 is 1.97 bits per heavy atom. The summed E-state index contributed by atoms with van der Waals surface area (Å²) in [5.41, 5.74) is 2.79. The van der Waals surface area contributed by atoms with Crippen LogP contribution in [0, 0.1) is 5.82 Å². The summed E-state index contributed by atoms with van der Waals surface area (Å²) in [5.74, 6) is 0.806. The number of rotatable bonds is 3. The van der Waals surface area contributed by atoms with Gasteiger partial charge < -0.3 is 9.80 Å². The maximum Gasteiger partial charge on any atom is 0.227 e. The van der Waals surface area contributed by atoms with Crippen LogP contribution in [0.5, 0.6) is 0 Å². The highest BCUT2D eigenvalue weighted by Gasteiger charge is 2.27. The molecule has 1 fully saturated rings. The van der Waals surface area contributed by atoms with Crippen molar-refractivity contribution >= 4 is 11.8 Å². The van der Waals surface area contributed by atoms with Crippen LogP contribution in [-0.2, 0) is 29.0 Å². The van der Waals surface area contributed by atoms with Crippen molar-refractivity contribution in [1.29, 1.82) is 0 Å². The van der Waals surface area contributed by atoms with Crippen LogP contribution in [0.2, 0.25) is 0 Å². The smallest absolute Gasteiger partial charge is 0.227 e. The second-order valence-corrected chi connectivity index (χ2v) is 7.87. The number of carbonyl (C=O) groups is 2. The lowest BCUT2D eigenvalue weighted by Crippen LogP contribution is -2.39. The van der Waals surface area contributed by atoms with Crippen LogP contribution in [-0.4, -0.2) is 51.2 Å². The zero-order valence-corrected chi connectivity index (χ0v) is 16.6. The van der Waals surface area contributed by atoms with Crippen LogP contribution in [0.1, 0.15) is 48.3 Å². The molecule has 152 valence electrons. The molecule has 1 aromatic heterocycles. The third kappa shape index (κ3) is 4.44. The molecule has 29 heavy (non-hydrogen) atoms. The van der Waals surface area contributed by atoms with Gasteiger partial charge >= 0.3 is 0 Å². The molecule has 0 spiro atoms. The van der Waals surface area contributed by atoms with Crippen LogP contribution < -0.4 is 0 Å². The molecule has 0 aliphatic carbocycles. The van der Waals surface area contributed by atoms with Gasteiger partial charge in [-0.25, -0.2) is 14.4 Å². The van der Waals surface area contributed by atoms with E-state index in [0.717, 1.165) is 42.0 Å². The minimum Gasteiger partial charge on any atom is -0.342 e. The largest absolute Gasteiger partial charge is 0.342 e. The van der Waals surface area contributed by atoms with Crippen molar-refractivity contribution in [2.75, 3.05) is 19.6 Å². The molecule has 2 aliphatic heterocycles. The molecule has 0 N–H and O–H groups in total. The number of likely N-dealkylation sites (tertiary alicyclic amines) is 1. The summed E-state index contributed by atoms with van der Waals surface area (Å²) < 4.78 is 13.0. The SMILES string of the molecule is CC(=O)N1CCC[C@@H](c2ncc3c(n2)CCN(C(=O)Cc2ccc(F)cc2)C3)C1. The molecule has 7 heteroatoms. The standard InChI is InChI=1S/C22H25FN4O2/c1-15(28)26-9-2-3-17(13-26)22-24-12-18-14-27(10-8-20(18)25-22)21(29)11-16-4-6-19(23)7-5-16/h4-7,12,17H,2-3,8-11,13-14H2,1H3/t17-/m1/s1. The molecule has 1 aromatic carbocycles. The normalized spacial score (nSPS) is 19.0. The van der Waals surface area contributed by atoms with Gasteiger partial charge in [0.25, 0.3) is 0 Å². The van der Waals surface area contributed by atoms with E-state index in [2.05, 4.69) is 4.98 Å². The Labute approximate surface area is 169 Å². The number of hydrogen-bond acceptors (Lipinski definition) is 4. The van der Waals surface area contributed by atoms with Crippen molar-refractivity contribution in [2.24, 2.45) is 0 Å². The quantitative estimate of drug-likeness (QED) is 0.800. The number of hydrogen-bond donors (Lipinski definition) is 0. The van der Waals surface area contributed by atoms with E-state index < -0.39 is 0 Å². The Morgan fingerprint density at radius 1 is 1.17 bits per heavy atom. The molecule has 0 unspecified atom stereocenters. The Morgan fingerprint density at radius 3 is 2.72 bits per heavy atom. The molecule has 1 saturated heterocycles. The molecule has 2 amide bonds. The van der Waals surface area contributed by atoms with E-state index in [4.69, 9.17) is 4.98 Å². The second kappa shape index (κ2) is 8.27. The molecule has 0 radical (unpaired) electrons. The van der Waals surface area contributed by atoms with Crippen molar-refractivity contribution in [2.45, 2.75) is 45.1 Å². The fourth-order valence-electron chi connectivity index (χ4n) is 4.10. The summed E-state index contributed by atoms with van der Waals surface area (Å²) in [4.78, 5) is 37.4. The molecule has 2 aromatic rings. The Bertz CT molecular complexity index is 916. The Hall–Kier alpha value is -2.83. The molecule has 1 atom stereocenters. The van der Waals surface area contributed by atoms with Gasteiger partial charge in [0.1, 0.15) is 11.6 Å². The highest BCUT2D eigenvalue weighted by atomic mass is 19.1. The summed E-state index contributed by atoms with van der Waals surface area (Å²) in [6.07, 6.45) is 4.75. The number of piperidine rings is 1. The Kier molecular flexibility index (Phi) is 5.56. The molecule has 0 bridgehead atoms. The van der Waals surface area contributed by atoms with Gasteiger partial charge in [-0.3, -0.25) is 9.59 Å². The zero-order chi connectivity index (χ0) is 20.4. The lowest BCUT2D eigenvalue weighted by molar-refractivity contribution is -0.131. The van der Waals surface area contributed by atoms with Gasteiger partial charge in [0.05, 0.1) is 12.1 Å². The van der Waals surface area contributed by atoms with Gasteiger partial charge in [-0.2, -0.15) is 0 Å². The molecule has 3 heterocycles. The van der Waals surface area contributed by atoms with Crippen LogP contribution in [0.4, 0.5) is 4.39 Å². The van der Waals surface area contributed by atoms with E-state index in [9.17, 15) is 14.0 Å². The van der Waals surface area contributed by atoms with Gasteiger partial charge in [-0.1, -0.05) is 12.1 Å². The van der Waals surface area contributed by atoms with E-state index in [0.29, 0.717) is 26.1 Å². The number of amides is 2. The van der Waals surface area contributed by atoms with Crippen molar-refractivity contribution in [3.63, 3.8) is 0 Å². The minimum atomic E-state index is -0.301. The summed E-state index contributed by atoms with van der Waals surface area (Å²) in [6, 6.07) is 6.05. The average molecular weight is 396 g/mol. The van der Waals surface area contributed by atoms with Crippen LogP contribution in [0.3, 0.4) is 0 Å². The van der Waals surface area contributed by atoms with Crippen molar-refractivity contribution < 1.29 is 14.0 Å². The molecule has 4 rings (SSSR count). The minimum absolute atomic E-state index is 0.0238. The number of aromatic nitrogens is 2. The number of carbonyl (C=O) groups excluding carboxylic acids is 2. The van der Waals surface area contributed by atoms with E-state index in [1.807, 2.05) is 16.0 Å². The lowest BCUT2D eigenvalue weighted by Gasteiger charge is -2.32. The van der Waals surface area contributed by atoms with Crippen molar-refractivity contribution in [3.05, 3.63) is 58.9 Å². The van der Waals surface area contributed by atoms with Gasteiger partial charge in [0, 0.05) is 57.2 Å².